The van der Waals surface area contributed by atoms with Crippen LogP contribution in [0.3, 0.4) is 0 Å². The Labute approximate surface area is 94.5 Å². The zero-order valence-electron chi connectivity index (χ0n) is 9.94. The average Bonchev–Trinajstić information content (AvgIpc) is 2.51. The van der Waals surface area contributed by atoms with E-state index >= 15 is 0 Å². The summed E-state index contributed by atoms with van der Waals surface area (Å²) in [5, 5.41) is 7.46. The van der Waals surface area contributed by atoms with Crippen molar-refractivity contribution in [3.8, 4) is 0 Å². The molecule has 5 nitrogen and oxygen atoms in total. The Kier molecular flexibility index (Phi) is 2.60. The van der Waals surface area contributed by atoms with Crippen molar-refractivity contribution in [3.05, 3.63) is 29.5 Å². The van der Waals surface area contributed by atoms with Crippen LogP contribution in [0.25, 0.3) is 0 Å². The maximum atomic E-state index is 4.41. The number of nitrogens with zero attached hydrogens (tertiary/aromatic N) is 4. The smallest absolute Gasteiger partial charge is 0.149 e. The van der Waals surface area contributed by atoms with Crippen molar-refractivity contribution < 1.29 is 0 Å². The van der Waals surface area contributed by atoms with Gasteiger partial charge in [0.05, 0.1) is 29.0 Å². The summed E-state index contributed by atoms with van der Waals surface area (Å²) in [6, 6.07) is 0. The molecule has 0 unspecified atom stereocenters. The van der Waals surface area contributed by atoms with E-state index in [2.05, 4.69) is 20.4 Å². The van der Waals surface area contributed by atoms with Gasteiger partial charge in [-0.2, -0.15) is 5.10 Å². The molecular formula is C11H15N5. The summed E-state index contributed by atoms with van der Waals surface area (Å²) in [4.78, 5) is 8.67. The molecule has 2 aromatic heterocycles. The molecule has 2 rings (SSSR count). The number of aryl methyl sites for hydroxylation is 4. The third-order valence-electron chi connectivity index (χ3n) is 2.47. The third-order valence-corrected chi connectivity index (χ3v) is 2.47. The molecule has 16 heavy (non-hydrogen) atoms. The lowest BCUT2D eigenvalue weighted by Crippen LogP contribution is -1.98. The molecule has 0 atom stereocenters. The molecule has 0 aliphatic rings. The zero-order chi connectivity index (χ0) is 11.7. The molecule has 0 saturated heterocycles. The maximum absolute atomic E-state index is 4.41. The molecule has 5 heteroatoms. The van der Waals surface area contributed by atoms with Gasteiger partial charge in [0.1, 0.15) is 5.82 Å². The fourth-order valence-electron chi connectivity index (χ4n) is 1.46. The Morgan fingerprint density at radius 2 is 1.88 bits per heavy atom. The van der Waals surface area contributed by atoms with Crippen molar-refractivity contribution in [2.45, 2.75) is 20.8 Å². The van der Waals surface area contributed by atoms with Gasteiger partial charge >= 0.3 is 0 Å². The summed E-state index contributed by atoms with van der Waals surface area (Å²) < 4.78 is 1.77. The first-order chi connectivity index (χ1) is 7.56. The molecule has 0 amide bonds. The Morgan fingerprint density at radius 1 is 1.12 bits per heavy atom. The second kappa shape index (κ2) is 3.92. The molecule has 0 saturated carbocycles. The molecule has 1 N–H and O–H groups in total. The number of anilines is 2. The van der Waals surface area contributed by atoms with E-state index in [-0.39, 0.29) is 0 Å². The van der Waals surface area contributed by atoms with Gasteiger partial charge in [-0.25, -0.2) is 4.98 Å². The number of nitrogens with one attached hydrogen (secondary N) is 1. The number of aromatic nitrogens is 4. The summed E-state index contributed by atoms with van der Waals surface area (Å²) >= 11 is 0. The highest BCUT2D eigenvalue weighted by Crippen LogP contribution is 2.17. The first kappa shape index (κ1) is 10.6. The van der Waals surface area contributed by atoms with Crippen LogP contribution in [0.5, 0.6) is 0 Å². The summed E-state index contributed by atoms with van der Waals surface area (Å²) in [5.41, 5.74) is 3.79. The quantitative estimate of drug-likeness (QED) is 0.834. The predicted octanol–water partition coefficient (Wildman–Crippen LogP) is 1.88. The standard InChI is InChI=1S/C11H15N5/c1-7-8(2)13-11(5-12-7)14-10-6-16(4)15-9(10)3/h5-6H,1-4H3,(H,13,14). The minimum absolute atomic E-state index is 0.749. The maximum Gasteiger partial charge on any atom is 0.149 e. The van der Waals surface area contributed by atoms with E-state index in [4.69, 9.17) is 0 Å². The van der Waals surface area contributed by atoms with Gasteiger partial charge in [0.15, 0.2) is 0 Å². The van der Waals surface area contributed by atoms with Gasteiger partial charge in [-0.15, -0.1) is 0 Å². The largest absolute Gasteiger partial charge is 0.336 e. The van der Waals surface area contributed by atoms with Gasteiger partial charge in [0.25, 0.3) is 0 Å². The predicted molar refractivity (Wildman–Crippen MR) is 62.7 cm³/mol. The number of hydrogen-bond acceptors (Lipinski definition) is 4. The lowest BCUT2D eigenvalue weighted by Gasteiger charge is -2.05. The number of hydrogen-bond donors (Lipinski definition) is 1. The molecule has 0 aromatic carbocycles. The fourth-order valence-corrected chi connectivity index (χ4v) is 1.46. The van der Waals surface area contributed by atoms with Crippen LogP contribution in [0.1, 0.15) is 17.1 Å². The first-order valence-corrected chi connectivity index (χ1v) is 5.14. The summed E-state index contributed by atoms with van der Waals surface area (Å²) in [5.74, 6) is 0.749. The summed E-state index contributed by atoms with van der Waals surface area (Å²) in [6.07, 6.45) is 3.65. The molecule has 2 heterocycles. The van der Waals surface area contributed by atoms with E-state index in [1.165, 1.54) is 0 Å². The Hall–Kier alpha value is -1.91. The second-order valence-corrected chi connectivity index (χ2v) is 3.85. The van der Waals surface area contributed by atoms with Crippen LogP contribution in [-0.4, -0.2) is 19.7 Å². The number of rotatable bonds is 2. The Bertz CT molecular complexity index is 515. The zero-order valence-corrected chi connectivity index (χ0v) is 9.94. The van der Waals surface area contributed by atoms with Crippen molar-refractivity contribution in [1.82, 2.24) is 19.7 Å². The van der Waals surface area contributed by atoms with Gasteiger partial charge in [-0.05, 0) is 20.8 Å². The molecule has 0 fully saturated rings. The van der Waals surface area contributed by atoms with Crippen LogP contribution in [0.2, 0.25) is 0 Å². The lowest BCUT2D eigenvalue weighted by atomic mass is 10.3. The van der Waals surface area contributed by atoms with Crippen LogP contribution in [0.15, 0.2) is 12.4 Å². The Balaban J connectivity index is 2.27. The van der Waals surface area contributed by atoms with E-state index in [1.54, 1.807) is 10.9 Å². The molecule has 0 bridgehead atoms. The summed E-state index contributed by atoms with van der Waals surface area (Å²) in [7, 11) is 1.89. The van der Waals surface area contributed by atoms with Crippen molar-refractivity contribution in [3.63, 3.8) is 0 Å². The van der Waals surface area contributed by atoms with Crippen LogP contribution < -0.4 is 5.32 Å². The SMILES string of the molecule is Cc1nn(C)cc1Nc1cnc(C)c(C)n1. The van der Waals surface area contributed by atoms with Crippen molar-refractivity contribution in [2.24, 2.45) is 7.05 Å². The molecule has 2 aromatic rings. The highest BCUT2D eigenvalue weighted by Gasteiger charge is 2.05. The summed E-state index contributed by atoms with van der Waals surface area (Å²) in [6.45, 7) is 5.85. The minimum Gasteiger partial charge on any atom is -0.336 e. The van der Waals surface area contributed by atoms with E-state index < -0.39 is 0 Å². The topological polar surface area (TPSA) is 55.6 Å². The minimum atomic E-state index is 0.749. The van der Waals surface area contributed by atoms with E-state index in [0.29, 0.717) is 0 Å². The third kappa shape index (κ3) is 2.03. The van der Waals surface area contributed by atoms with Crippen molar-refractivity contribution >= 4 is 11.5 Å². The van der Waals surface area contributed by atoms with E-state index in [9.17, 15) is 0 Å². The molecule has 0 spiro atoms. The molecule has 0 aliphatic heterocycles. The van der Waals surface area contributed by atoms with E-state index in [1.807, 2.05) is 34.0 Å². The van der Waals surface area contributed by atoms with Crippen LogP contribution in [-0.2, 0) is 7.05 Å². The van der Waals surface area contributed by atoms with Gasteiger partial charge in [0.2, 0.25) is 0 Å². The normalized spacial score (nSPS) is 10.5. The van der Waals surface area contributed by atoms with Gasteiger partial charge in [-0.1, -0.05) is 0 Å². The van der Waals surface area contributed by atoms with Crippen LogP contribution >= 0.6 is 0 Å². The molecule has 0 aliphatic carbocycles. The lowest BCUT2D eigenvalue weighted by molar-refractivity contribution is 0.756. The molecule has 84 valence electrons. The average molecular weight is 217 g/mol. The fraction of sp³-hybridized carbons (Fsp3) is 0.364. The van der Waals surface area contributed by atoms with Gasteiger partial charge < -0.3 is 5.32 Å². The van der Waals surface area contributed by atoms with E-state index in [0.717, 1.165) is 28.6 Å². The highest BCUT2D eigenvalue weighted by molar-refractivity contribution is 5.57. The van der Waals surface area contributed by atoms with Crippen LogP contribution in [0.4, 0.5) is 11.5 Å². The molecular weight excluding hydrogens is 202 g/mol. The van der Waals surface area contributed by atoms with Gasteiger partial charge in [0, 0.05) is 13.2 Å². The molecule has 0 radical (unpaired) electrons. The van der Waals surface area contributed by atoms with Crippen LogP contribution in [0, 0.1) is 20.8 Å². The highest BCUT2D eigenvalue weighted by atomic mass is 15.3. The van der Waals surface area contributed by atoms with Crippen molar-refractivity contribution in [1.29, 1.82) is 0 Å². The van der Waals surface area contributed by atoms with Gasteiger partial charge in [-0.3, -0.25) is 9.67 Å². The van der Waals surface area contributed by atoms with Crippen molar-refractivity contribution in [2.75, 3.05) is 5.32 Å². The first-order valence-electron chi connectivity index (χ1n) is 5.14. The Morgan fingerprint density at radius 3 is 2.44 bits per heavy atom. The second-order valence-electron chi connectivity index (χ2n) is 3.85. The monoisotopic (exact) mass is 217 g/mol.